The highest BCUT2D eigenvalue weighted by atomic mass is 32.1. The van der Waals surface area contributed by atoms with Gasteiger partial charge >= 0.3 is 0 Å². The number of nitrogens with zero attached hydrogens (tertiary/aromatic N) is 4. The average molecular weight is 354 g/mol. The van der Waals surface area contributed by atoms with Gasteiger partial charge in [-0.15, -0.1) is 11.3 Å². The van der Waals surface area contributed by atoms with Crippen LogP contribution >= 0.6 is 11.3 Å². The van der Waals surface area contributed by atoms with Crippen LogP contribution in [0.3, 0.4) is 0 Å². The number of non-ortho nitro benzene ring substituents is 1. The van der Waals surface area contributed by atoms with E-state index in [1.807, 2.05) is 23.6 Å². The Labute approximate surface area is 149 Å². The second kappa shape index (κ2) is 7.40. The van der Waals surface area contributed by atoms with E-state index in [1.54, 1.807) is 24.5 Å². The first-order chi connectivity index (χ1) is 12.1. The lowest BCUT2D eigenvalue weighted by molar-refractivity contribution is -0.384. The molecule has 0 radical (unpaired) electrons. The monoisotopic (exact) mass is 354 g/mol. The van der Waals surface area contributed by atoms with Gasteiger partial charge in [-0.3, -0.25) is 15.1 Å². The summed E-state index contributed by atoms with van der Waals surface area (Å²) in [5.41, 5.74) is 2.63. The molecule has 1 aromatic carbocycles. The molecule has 0 amide bonds. The van der Waals surface area contributed by atoms with Gasteiger partial charge in [0.15, 0.2) is 4.80 Å². The third kappa shape index (κ3) is 3.66. The zero-order valence-electron chi connectivity index (χ0n) is 14.0. The number of rotatable bonds is 5. The third-order valence-electron chi connectivity index (χ3n) is 4.00. The molecular weight excluding hydrogens is 336 g/mol. The van der Waals surface area contributed by atoms with Crippen LogP contribution in [0.2, 0.25) is 0 Å². The van der Waals surface area contributed by atoms with Gasteiger partial charge in [-0.25, -0.2) is 4.99 Å². The highest BCUT2D eigenvalue weighted by molar-refractivity contribution is 7.07. The van der Waals surface area contributed by atoms with E-state index < -0.39 is 0 Å². The topological polar surface area (TPSA) is 73.3 Å². The molecule has 6 nitrogen and oxygen atoms in total. The first kappa shape index (κ1) is 17.0. The summed E-state index contributed by atoms with van der Waals surface area (Å²) >= 11 is 1.52. The van der Waals surface area contributed by atoms with Crippen LogP contribution in [0, 0.1) is 10.1 Å². The molecule has 128 valence electrons. The molecule has 0 fully saturated rings. The predicted molar refractivity (Wildman–Crippen MR) is 98.9 cm³/mol. The van der Waals surface area contributed by atoms with Crippen LogP contribution in [0.4, 0.5) is 11.4 Å². The Bertz CT molecular complexity index is 947. The summed E-state index contributed by atoms with van der Waals surface area (Å²) in [7, 11) is 0. The lowest BCUT2D eigenvalue weighted by Gasteiger charge is -2.15. The molecule has 0 saturated carbocycles. The summed E-state index contributed by atoms with van der Waals surface area (Å²) in [5.74, 6) is 0. The van der Waals surface area contributed by atoms with Crippen LogP contribution in [-0.4, -0.2) is 14.5 Å². The smallest absolute Gasteiger partial charge is 0.270 e. The number of thiazole rings is 1. The Kier molecular flexibility index (Phi) is 5.04. The second-order valence-corrected chi connectivity index (χ2v) is 6.50. The number of benzene rings is 1. The van der Waals surface area contributed by atoms with E-state index in [0.717, 1.165) is 28.2 Å². The summed E-state index contributed by atoms with van der Waals surface area (Å²) in [6, 6.07) is 10.7. The van der Waals surface area contributed by atoms with Gasteiger partial charge in [-0.2, -0.15) is 0 Å². The Balaban J connectivity index is 2.17. The molecule has 0 spiro atoms. The molecule has 3 rings (SSSR count). The Morgan fingerprint density at radius 2 is 2.20 bits per heavy atom. The van der Waals surface area contributed by atoms with Gasteiger partial charge in [0.2, 0.25) is 0 Å². The van der Waals surface area contributed by atoms with Gasteiger partial charge in [-0.1, -0.05) is 19.1 Å². The molecular formula is C18H18N4O2S. The number of hydrogen-bond donors (Lipinski definition) is 0. The number of nitro benzene ring substituents is 1. The van der Waals surface area contributed by atoms with E-state index in [2.05, 4.69) is 23.4 Å². The van der Waals surface area contributed by atoms with Crippen LogP contribution < -0.4 is 4.80 Å². The number of hydrogen-bond acceptors (Lipinski definition) is 5. The largest absolute Gasteiger partial charge is 0.314 e. The number of aromatic nitrogens is 2. The molecule has 25 heavy (non-hydrogen) atoms. The number of pyridine rings is 1. The number of nitro groups is 1. The molecule has 2 aromatic heterocycles. The maximum absolute atomic E-state index is 11.1. The zero-order chi connectivity index (χ0) is 17.8. The summed E-state index contributed by atoms with van der Waals surface area (Å²) in [6.07, 6.45) is 4.36. The van der Waals surface area contributed by atoms with E-state index in [-0.39, 0.29) is 16.7 Å². The average Bonchev–Trinajstić information content (AvgIpc) is 3.05. The van der Waals surface area contributed by atoms with Gasteiger partial charge < -0.3 is 4.57 Å². The van der Waals surface area contributed by atoms with Crippen LogP contribution in [0.15, 0.2) is 59.2 Å². The van der Waals surface area contributed by atoms with Gasteiger partial charge in [0.25, 0.3) is 5.69 Å². The van der Waals surface area contributed by atoms with Crippen molar-refractivity contribution in [1.29, 1.82) is 0 Å². The van der Waals surface area contributed by atoms with E-state index in [9.17, 15) is 10.1 Å². The maximum Gasteiger partial charge on any atom is 0.270 e. The highest BCUT2D eigenvalue weighted by Gasteiger charge is 2.15. The molecule has 0 aliphatic carbocycles. The molecule has 0 N–H and O–H groups in total. The summed E-state index contributed by atoms with van der Waals surface area (Å²) in [5, 5.41) is 13.1. The van der Waals surface area contributed by atoms with Crippen molar-refractivity contribution in [3.63, 3.8) is 0 Å². The van der Waals surface area contributed by atoms with E-state index in [0.29, 0.717) is 0 Å². The van der Waals surface area contributed by atoms with E-state index in [4.69, 9.17) is 4.99 Å². The van der Waals surface area contributed by atoms with Crippen molar-refractivity contribution in [1.82, 2.24) is 9.55 Å². The van der Waals surface area contributed by atoms with Crippen molar-refractivity contribution in [2.75, 3.05) is 0 Å². The summed E-state index contributed by atoms with van der Waals surface area (Å²) in [4.78, 5) is 20.4. The van der Waals surface area contributed by atoms with Crippen LogP contribution in [0.5, 0.6) is 0 Å². The molecule has 1 unspecified atom stereocenters. The quantitative estimate of drug-likeness (QED) is 0.491. The molecule has 0 bridgehead atoms. The Morgan fingerprint density at radius 3 is 2.88 bits per heavy atom. The van der Waals surface area contributed by atoms with Crippen molar-refractivity contribution in [3.05, 3.63) is 69.1 Å². The van der Waals surface area contributed by atoms with Crippen molar-refractivity contribution in [2.45, 2.75) is 26.3 Å². The molecule has 2 heterocycles. The fraction of sp³-hybridized carbons (Fsp3) is 0.222. The minimum atomic E-state index is -0.371. The van der Waals surface area contributed by atoms with Gasteiger partial charge in [0.05, 0.1) is 22.5 Å². The lowest BCUT2D eigenvalue weighted by Crippen LogP contribution is -2.19. The second-order valence-electron chi connectivity index (χ2n) is 5.66. The molecule has 0 aliphatic rings. The molecule has 7 heteroatoms. The van der Waals surface area contributed by atoms with Crippen molar-refractivity contribution >= 4 is 22.7 Å². The first-order valence-corrected chi connectivity index (χ1v) is 8.87. The Morgan fingerprint density at radius 1 is 1.36 bits per heavy atom. The Hall–Kier alpha value is -2.80. The van der Waals surface area contributed by atoms with Crippen molar-refractivity contribution in [2.24, 2.45) is 4.99 Å². The predicted octanol–water partition coefficient (Wildman–Crippen LogP) is 4.72. The van der Waals surface area contributed by atoms with Crippen molar-refractivity contribution < 1.29 is 4.92 Å². The van der Waals surface area contributed by atoms with Gasteiger partial charge in [-0.05, 0) is 25.5 Å². The normalized spacial score (nSPS) is 13.0. The first-order valence-electron chi connectivity index (χ1n) is 7.99. The van der Waals surface area contributed by atoms with Gasteiger partial charge in [0, 0.05) is 35.3 Å². The fourth-order valence-corrected chi connectivity index (χ4v) is 3.55. The minimum absolute atomic E-state index is 0.0881. The van der Waals surface area contributed by atoms with Crippen molar-refractivity contribution in [3.8, 4) is 11.3 Å². The van der Waals surface area contributed by atoms with Crippen LogP contribution in [0.1, 0.15) is 26.3 Å². The standard InChI is InChI=1S/C18H18N4O2S/c1-3-13(2)21-17(14-6-4-8-16(10-14)22(23)24)12-25-18(21)20-15-7-5-9-19-11-15/h4-13H,3H2,1-2H3. The summed E-state index contributed by atoms with van der Waals surface area (Å²) < 4.78 is 2.14. The zero-order valence-corrected chi connectivity index (χ0v) is 14.8. The minimum Gasteiger partial charge on any atom is -0.314 e. The third-order valence-corrected chi connectivity index (χ3v) is 4.84. The fourth-order valence-electron chi connectivity index (χ4n) is 2.53. The molecule has 1 atom stereocenters. The van der Waals surface area contributed by atoms with E-state index >= 15 is 0 Å². The van der Waals surface area contributed by atoms with Gasteiger partial charge in [0.1, 0.15) is 0 Å². The maximum atomic E-state index is 11.1. The highest BCUT2D eigenvalue weighted by Crippen LogP contribution is 2.27. The molecule has 3 aromatic rings. The van der Waals surface area contributed by atoms with E-state index in [1.165, 1.54) is 17.4 Å². The van der Waals surface area contributed by atoms with Crippen LogP contribution in [-0.2, 0) is 0 Å². The molecule has 0 saturated heterocycles. The lowest BCUT2D eigenvalue weighted by atomic mass is 10.1. The summed E-state index contributed by atoms with van der Waals surface area (Å²) in [6.45, 7) is 4.23. The van der Waals surface area contributed by atoms with Crippen LogP contribution in [0.25, 0.3) is 11.3 Å². The SMILES string of the molecule is CCC(C)n1c(-c2cccc([N+](=O)[O-])c2)csc1=Nc1cccnc1. The molecule has 0 aliphatic heterocycles.